The fraction of sp³-hybridized carbons (Fsp3) is 0.630. The second-order valence-corrected chi connectivity index (χ2v) is 9.14. The van der Waals surface area contributed by atoms with E-state index < -0.39 is 11.6 Å². The lowest BCUT2D eigenvalue weighted by Crippen LogP contribution is -2.24. The third kappa shape index (κ3) is 6.26. The maximum absolute atomic E-state index is 14.5. The van der Waals surface area contributed by atoms with Gasteiger partial charge in [-0.2, -0.15) is 0 Å². The van der Waals surface area contributed by atoms with Gasteiger partial charge >= 0.3 is 0 Å². The van der Waals surface area contributed by atoms with Gasteiger partial charge in [0.2, 0.25) is 0 Å². The third-order valence-electron chi connectivity index (χ3n) is 6.89. The molecule has 1 aromatic carbocycles. The first kappa shape index (κ1) is 23.2. The second-order valence-electron chi connectivity index (χ2n) is 9.14. The van der Waals surface area contributed by atoms with Crippen molar-refractivity contribution in [3.63, 3.8) is 0 Å². The molecule has 0 heterocycles. The van der Waals surface area contributed by atoms with Gasteiger partial charge in [0.15, 0.2) is 11.6 Å². The number of aryl methyl sites for hydroxylation is 1. The highest BCUT2D eigenvalue weighted by molar-refractivity contribution is 5.67. The molecule has 1 atom stereocenters. The van der Waals surface area contributed by atoms with Gasteiger partial charge in [0.25, 0.3) is 0 Å². The van der Waals surface area contributed by atoms with Crippen molar-refractivity contribution in [2.75, 3.05) is 6.61 Å². The first-order chi connectivity index (χ1) is 14.6. The molecule has 1 unspecified atom stereocenters. The molecule has 30 heavy (non-hydrogen) atoms. The van der Waals surface area contributed by atoms with Crippen LogP contribution in [0.2, 0.25) is 0 Å². The van der Waals surface area contributed by atoms with Gasteiger partial charge in [-0.15, -0.1) is 0 Å². The summed E-state index contributed by atoms with van der Waals surface area (Å²) in [5, 5.41) is 0. The van der Waals surface area contributed by atoms with Crippen molar-refractivity contribution in [3.8, 4) is 0 Å². The molecule has 0 aromatic heterocycles. The van der Waals surface area contributed by atoms with Crippen LogP contribution in [0.15, 0.2) is 30.4 Å². The van der Waals surface area contributed by atoms with Crippen molar-refractivity contribution in [1.82, 2.24) is 0 Å². The zero-order chi connectivity index (χ0) is 21.3. The zero-order valence-corrected chi connectivity index (χ0v) is 18.8. The van der Waals surface area contributed by atoms with Gasteiger partial charge in [0, 0.05) is 5.56 Å². The quantitative estimate of drug-likeness (QED) is 0.370. The van der Waals surface area contributed by atoms with Crippen LogP contribution in [0.5, 0.6) is 0 Å². The Kier molecular flexibility index (Phi) is 9.11. The molecular formula is C27H38F2O. The minimum Gasteiger partial charge on any atom is -0.378 e. The largest absolute Gasteiger partial charge is 0.378 e. The Bertz CT molecular complexity index is 729. The average Bonchev–Trinajstić information content (AvgIpc) is 2.77. The molecule has 3 heteroatoms. The van der Waals surface area contributed by atoms with Gasteiger partial charge in [0.1, 0.15) is 0 Å². The van der Waals surface area contributed by atoms with Gasteiger partial charge < -0.3 is 4.74 Å². The van der Waals surface area contributed by atoms with E-state index in [9.17, 15) is 8.78 Å². The molecule has 1 nitrogen and oxygen atoms in total. The molecule has 3 rings (SSSR count). The summed E-state index contributed by atoms with van der Waals surface area (Å²) in [6, 6.07) is 3.52. The van der Waals surface area contributed by atoms with Gasteiger partial charge in [-0.25, -0.2) is 8.78 Å². The van der Waals surface area contributed by atoms with Crippen molar-refractivity contribution in [2.45, 2.75) is 90.6 Å². The summed E-state index contributed by atoms with van der Waals surface area (Å²) in [6.07, 6.45) is 18.5. The Morgan fingerprint density at radius 2 is 1.83 bits per heavy atom. The predicted molar refractivity (Wildman–Crippen MR) is 121 cm³/mol. The Balaban J connectivity index is 1.44. The molecule has 1 aromatic rings. The topological polar surface area (TPSA) is 9.23 Å². The number of allylic oxidation sites excluding steroid dienone is 4. The second kappa shape index (κ2) is 11.8. The van der Waals surface area contributed by atoms with Crippen LogP contribution in [0.1, 0.15) is 89.2 Å². The third-order valence-corrected chi connectivity index (χ3v) is 6.89. The molecule has 1 fully saturated rings. The van der Waals surface area contributed by atoms with Crippen LogP contribution in [0, 0.1) is 23.5 Å². The van der Waals surface area contributed by atoms with Crippen LogP contribution in [-0.2, 0) is 11.2 Å². The number of ether oxygens (including phenoxy) is 1. The lowest BCUT2D eigenvalue weighted by atomic mass is 9.84. The Morgan fingerprint density at radius 3 is 2.50 bits per heavy atom. The van der Waals surface area contributed by atoms with Crippen molar-refractivity contribution in [2.24, 2.45) is 11.8 Å². The molecule has 0 bridgehead atoms. The normalized spacial score (nSPS) is 24.9. The van der Waals surface area contributed by atoms with Gasteiger partial charge in [-0.1, -0.05) is 43.7 Å². The highest BCUT2D eigenvalue weighted by Gasteiger charge is 2.24. The average molecular weight is 417 g/mol. The molecule has 0 amide bonds. The minimum absolute atomic E-state index is 0.408. The Hall–Kier alpha value is -1.48. The van der Waals surface area contributed by atoms with E-state index >= 15 is 0 Å². The molecule has 0 radical (unpaired) electrons. The fourth-order valence-electron chi connectivity index (χ4n) is 4.94. The monoisotopic (exact) mass is 416 g/mol. The predicted octanol–water partition coefficient (Wildman–Crippen LogP) is 8.03. The van der Waals surface area contributed by atoms with Gasteiger partial charge in [-0.05, 0) is 94.1 Å². The van der Waals surface area contributed by atoms with E-state index in [-0.39, 0.29) is 0 Å². The summed E-state index contributed by atoms with van der Waals surface area (Å²) < 4.78 is 35.1. The number of halogens is 2. The first-order valence-electron chi connectivity index (χ1n) is 12.0. The number of benzene rings is 1. The number of rotatable bonds is 9. The van der Waals surface area contributed by atoms with Crippen molar-refractivity contribution in [1.29, 1.82) is 0 Å². The first-order valence-corrected chi connectivity index (χ1v) is 12.0. The van der Waals surface area contributed by atoms with E-state index in [1.54, 1.807) is 12.1 Å². The van der Waals surface area contributed by atoms with E-state index in [1.165, 1.54) is 38.5 Å². The van der Waals surface area contributed by atoms with Crippen LogP contribution in [-0.4, -0.2) is 12.7 Å². The maximum Gasteiger partial charge on any atom is 0.166 e. The molecule has 0 saturated heterocycles. The molecule has 1 saturated carbocycles. The molecular weight excluding hydrogens is 378 g/mol. The number of hydrogen-bond acceptors (Lipinski definition) is 1. The minimum atomic E-state index is -0.673. The zero-order valence-electron chi connectivity index (χ0n) is 18.8. The summed E-state index contributed by atoms with van der Waals surface area (Å²) in [5.41, 5.74) is 1.88. The van der Waals surface area contributed by atoms with E-state index in [2.05, 4.69) is 25.2 Å². The highest BCUT2D eigenvalue weighted by Crippen LogP contribution is 2.34. The Labute approximate surface area is 181 Å². The summed E-state index contributed by atoms with van der Waals surface area (Å²) in [5.74, 6) is 0.0174. The molecule has 2 aliphatic carbocycles. The lowest BCUT2D eigenvalue weighted by molar-refractivity contribution is -0.00256. The van der Waals surface area contributed by atoms with Gasteiger partial charge in [0.05, 0.1) is 12.7 Å². The van der Waals surface area contributed by atoms with Crippen LogP contribution in [0.3, 0.4) is 0 Å². The van der Waals surface area contributed by atoms with Crippen molar-refractivity contribution < 1.29 is 13.5 Å². The number of hydrogen-bond donors (Lipinski definition) is 0. The molecule has 0 spiro atoms. The smallest absolute Gasteiger partial charge is 0.166 e. The van der Waals surface area contributed by atoms with Crippen LogP contribution in [0.25, 0.3) is 5.57 Å². The molecule has 166 valence electrons. The Morgan fingerprint density at radius 1 is 1.03 bits per heavy atom. The standard InChI is InChI=1S/C27H38F2O/c1-3-5-6-8-20-11-16-24(17-12-20)30-19-21-9-13-22(14-10-21)25-18-15-23(7-4-2)26(28)27(25)29/h3,5,13,15,18,20-21,24H,4,6-12,14,16-17,19H2,1-2H3. The van der Waals surface area contributed by atoms with E-state index in [0.29, 0.717) is 29.6 Å². The van der Waals surface area contributed by atoms with Crippen LogP contribution in [0.4, 0.5) is 8.78 Å². The van der Waals surface area contributed by atoms with E-state index in [4.69, 9.17) is 4.74 Å². The fourth-order valence-corrected chi connectivity index (χ4v) is 4.94. The maximum atomic E-state index is 14.5. The van der Waals surface area contributed by atoms with Crippen molar-refractivity contribution >= 4 is 5.57 Å². The van der Waals surface area contributed by atoms with Crippen LogP contribution >= 0.6 is 0 Å². The van der Waals surface area contributed by atoms with E-state index in [0.717, 1.165) is 43.8 Å². The van der Waals surface area contributed by atoms with Crippen LogP contribution < -0.4 is 0 Å². The van der Waals surface area contributed by atoms with E-state index in [1.807, 2.05) is 6.92 Å². The summed E-state index contributed by atoms with van der Waals surface area (Å²) >= 11 is 0. The molecule has 2 aliphatic rings. The summed E-state index contributed by atoms with van der Waals surface area (Å²) in [4.78, 5) is 0. The summed E-state index contributed by atoms with van der Waals surface area (Å²) in [6.45, 7) is 4.87. The summed E-state index contributed by atoms with van der Waals surface area (Å²) in [7, 11) is 0. The lowest BCUT2D eigenvalue weighted by Gasteiger charge is -2.30. The highest BCUT2D eigenvalue weighted by atomic mass is 19.2. The van der Waals surface area contributed by atoms with Gasteiger partial charge in [-0.3, -0.25) is 0 Å². The molecule has 0 N–H and O–H groups in total. The van der Waals surface area contributed by atoms with Crippen molar-refractivity contribution in [3.05, 3.63) is 53.1 Å². The SMILES string of the molecule is CC=CCCC1CCC(OCC2CC=C(c3ccc(CCC)c(F)c3F)CC2)CC1. The molecule has 0 aliphatic heterocycles.